The van der Waals surface area contributed by atoms with Crippen LogP contribution in [0, 0.1) is 0 Å². The molecule has 1 heterocycles. The van der Waals surface area contributed by atoms with Crippen LogP contribution in [0.3, 0.4) is 0 Å². The van der Waals surface area contributed by atoms with Crippen molar-refractivity contribution in [1.29, 1.82) is 0 Å². The minimum Gasteiger partial charge on any atom is -0.378 e. The van der Waals surface area contributed by atoms with Crippen molar-refractivity contribution in [1.82, 2.24) is 0 Å². The van der Waals surface area contributed by atoms with Gasteiger partial charge in [-0.25, -0.2) is 0 Å². The third-order valence-corrected chi connectivity index (χ3v) is 6.03. The van der Waals surface area contributed by atoms with Gasteiger partial charge in [-0.2, -0.15) is 8.42 Å². The Hall–Kier alpha value is -2.57. The van der Waals surface area contributed by atoms with Crippen molar-refractivity contribution in [2.75, 3.05) is 24.3 Å². The molecule has 2 aromatic rings. The average molecular weight is 399 g/mol. The Kier molecular flexibility index (Phi) is 5.37. The number of nitrogens with zero attached hydrogens (tertiary/aromatic N) is 1. The number of benzene rings is 2. The highest BCUT2D eigenvalue weighted by molar-refractivity contribution is 7.85. The fourth-order valence-corrected chi connectivity index (χ4v) is 3.88. The number of nitrogens with one attached hydrogen (secondary N) is 1. The van der Waals surface area contributed by atoms with E-state index in [0.717, 1.165) is 22.5 Å². The molecule has 28 heavy (non-hydrogen) atoms. The number of hydrogen-bond donors (Lipinski definition) is 2. The van der Waals surface area contributed by atoms with Gasteiger partial charge in [-0.15, -0.1) is 0 Å². The fourth-order valence-electron chi connectivity index (χ4n) is 3.37. The molecule has 0 aliphatic carbocycles. The third kappa shape index (κ3) is 4.13. The van der Waals surface area contributed by atoms with Crippen LogP contribution in [0.2, 0.25) is 0 Å². The topological polar surface area (TPSA) is 69.6 Å². The second-order valence-electron chi connectivity index (χ2n) is 7.76. The van der Waals surface area contributed by atoms with Crippen LogP contribution in [0.15, 0.2) is 65.6 Å². The van der Waals surface area contributed by atoms with E-state index in [9.17, 15) is 13.0 Å². The maximum Gasteiger partial charge on any atom is 0.294 e. The maximum atomic E-state index is 11.4. The molecule has 1 aliphatic heterocycles. The van der Waals surface area contributed by atoms with E-state index in [1.807, 2.05) is 32.3 Å². The first-order chi connectivity index (χ1) is 13.1. The van der Waals surface area contributed by atoms with E-state index in [4.69, 9.17) is 0 Å². The lowest BCUT2D eigenvalue weighted by Crippen LogP contribution is -2.31. The van der Waals surface area contributed by atoms with Crippen LogP contribution < -0.4 is 10.2 Å². The van der Waals surface area contributed by atoms with Gasteiger partial charge < -0.3 is 10.2 Å². The maximum absolute atomic E-state index is 11.4. The Labute approximate surface area is 167 Å². The first-order valence-electron chi connectivity index (χ1n) is 9.10. The summed E-state index contributed by atoms with van der Waals surface area (Å²) in [4.78, 5) is 1.98. The summed E-state index contributed by atoms with van der Waals surface area (Å²) in [6.07, 6.45) is 8.10. The van der Waals surface area contributed by atoms with Crippen LogP contribution in [0.25, 0.3) is 6.08 Å². The lowest BCUT2D eigenvalue weighted by atomic mass is 9.80. The molecule has 2 aromatic carbocycles. The van der Waals surface area contributed by atoms with Gasteiger partial charge in [-0.3, -0.25) is 4.55 Å². The van der Waals surface area contributed by atoms with Crippen molar-refractivity contribution in [3.63, 3.8) is 0 Å². The number of anilines is 2. The minimum absolute atomic E-state index is 0.0138. The predicted molar refractivity (Wildman–Crippen MR) is 116 cm³/mol. The highest BCUT2D eigenvalue weighted by atomic mass is 32.2. The summed E-state index contributed by atoms with van der Waals surface area (Å²) in [5.41, 5.74) is 3.73. The van der Waals surface area contributed by atoms with Crippen LogP contribution in [-0.2, 0) is 15.5 Å². The van der Waals surface area contributed by atoms with Gasteiger partial charge >= 0.3 is 0 Å². The van der Waals surface area contributed by atoms with Crippen molar-refractivity contribution in [2.24, 2.45) is 0 Å². The molecule has 6 heteroatoms. The molecule has 5 nitrogen and oxygen atoms in total. The van der Waals surface area contributed by atoms with E-state index < -0.39 is 10.1 Å². The Morgan fingerprint density at radius 1 is 1.07 bits per heavy atom. The monoisotopic (exact) mass is 398 g/mol. The Balaban J connectivity index is 1.74. The summed E-state index contributed by atoms with van der Waals surface area (Å²) in [7, 11) is -0.183. The molecule has 1 unspecified atom stereocenters. The van der Waals surface area contributed by atoms with E-state index in [0.29, 0.717) is 0 Å². The molecule has 0 saturated heterocycles. The highest BCUT2D eigenvalue weighted by Crippen LogP contribution is 2.42. The minimum atomic E-state index is -4.21. The molecule has 0 amide bonds. The molecule has 0 bridgehead atoms. The Morgan fingerprint density at radius 3 is 2.36 bits per heavy atom. The molecule has 3 rings (SSSR count). The second-order valence-corrected chi connectivity index (χ2v) is 9.18. The van der Waals surface area contributed by atoms with Gasteiger partial charge in [0.2, 0.25) is 0 Å². The molecule has 0 radical (unpaired) electrons. The standard InChI is InChI=1S/C22H26N2O3S/c1-22(2)19-15-18(28(25,26)27)13-14-20(19)23-21(22)8-6-5-7-16-9-11-17(12-10-16)24(3)4/h5-15,21,23H,1-4H3,(H,25,26,27). The number of fused-ring (bicyclic) bond motifs is 1. The molecule has 0 spiro atoms. The summed E-state index contributed by atoms with van der Waals surface area (Å²) in [5, 5.41) is 3.42. The van der Waals surface area contributed by atoms with Crippen molar-refractivity contribution in [3.05, 3.63) is 71.8 Å². The second kappa shape index (κ2) is 7.45. The van der Waals surface area contributed by atoms with Crippen LogP contribution in [0.5, 0.6) is 0 Å². The Bertz CT molecular complexity index is 1020. The molecular weight excluding hydrogens is 372 g/mol. The van der Waals surface area contributed by atoms with Crippen LogP contribution in [0.4, 0.5) is 11.4 Å². The molecule has 0 saturated carbocycles. The summed E-state index contributed by atoms with van der Waals surface area (Å²) in [6, 6.07) is 13.0. The van der Waals surface area contributed by atoms with Gasteiger partial charge in [0, 0.05) is 30.9 Å². The normalized spacial score (nSPS) is 18.4. The summed E-state index contributed by atoms with van der Waals surface area (Å²) < 4.78 is 32.2. The van der Waals surface area contributed by atoms with E-state index in [1.165, 1.54) is 6.07 Å². The first-order valence-corrected chi connectivity index (χ1v) is 10.5. The Morgan fingerprint density at radius 2 is 1.75 bits per heavy atom. The predicted octanol–water partition coefficient (Wildman–Crippen LogP) is 4.34. The van der Waals surface area contributed by atoms with Crippen molar-refractivity contribution < 1.29 is 13.0 Å². The van der Waals surface area contributed by atoms with Gasteiger partial charge in [-0.1, -0.05) is 50.3 Å². The molecule has 1 aliphatic rings. The van der Waals surface area contributed by atoms with Gasteiger partial charge in [-0.05, 0) is 41.5 Å². The summed E-state index contributed by atoms with van der Waals surface area (Å²) in [5.74, 6) is 0. The lowest BCUT2D eigenvalue weighted by molar-refractivity contribution is 0.482. The third-order valence-electron chi connectivity index (χ3n) is 5.18. The molecule has 0 aromatic heterocycles. The smallest absolute Gasteiger partial charge is 0.294 e. The molecule has 0 fully saturated rings. The largest absolute Gasteiger partial charge is 0.378 e. The summed E-state index contributed by atoms with van der Waals surface area (Å²) in [6.45, 7) is 4.11. The van der Waals surface area contributed by atoms with Crippen molar-refractivity contribution in [3.8, 4) is 0 Å². The fraction of sp³-hybridized carbons (Fsp3) is 0.273. The zero-order chi connectivity index (χ0) is 20.5. The summed E-state index contributed by atoms with van der Waals surface area (Å²) >= 11 is 0. The van der Waals surface area contributed by atoms with E-state index in [2.05, 4.69) is 54.4 Å². The molecule has 2 N–H and O–H groups in total. The van der Waals surface area contributed by atoms with Crippen molar-refractivity contribution in [2.45, 2.75) is 30.2 Å². The van der Waals surface area contributed by atoms with Crippen LogP contribution >= 0.6 is 0 Å². The van der Waals surface area contributed by atoms with Crippen molar-refractivity contribution >= 4 is 27.6 Å². The van der Waals surface area contributed by atoms with Crippen LogP contribution in [-0.4, -0.2) is 33.1 Å². The molecule has 1 atom stereocenters. The molecule has 148 valence electrons. The molecular formula is C22H26N2O3S. The van der Waals surface area contributed by atoms with Gasteiger partial charge in [0.15, 0.2) is 0 Å². The average Bonchev–Trinajstić information content (AvgIpc) is 2.88. The van der Waals surface area contributed by atoms with E-state index >= 15 is 0 Å². The van der Waals surface area contributed by atoms with E-state index in [-0.39, 0.29) is 16.4 Å². The zero-order valence-electron chi connectivity index (χ0n) is 16.5. The number of rotatable bonds is 5. The first kappa shape index (κ1) is 20.2. The van der Waals surface area contributed by atoms with E-state index in [1.54, 1.807) is 12.1 Å². The lowest BCUT2D eigenvalue weighted by Gasteiger charge is -2.25. The van der Waals surface area contributed by atoms with Gasteiger partial charge in [0.1, 0.15) is 0 Å². The van der Waals surface area contributed by atoms with Gasteiger partial charge in [0.25, 0.3) is 10.1 Å². The highest BCUT2D eigenvalue weighted by Gasteiger charge is 2.38. The SMILES string of the molecule is CN(C)c1ccc(C=CC=CC2Nc3ccc(S(=O)(=O)O)cc3C2(C)C)cc1. The zero-order valence-corrected chi connectivity index (χ0v) is 17.4. The number of allylic oxidation sites excluding steroid dienone is 2. The van der Waals surface area contributed by atoms with Crippen LogP contribution in [0.1, 0.15) is 25.0 Å². The quantitative estimate of drug-likeness (QED) is 0.579. The number of hydrogen-bond acceptors (Lipinski definition) is 4. The van der Waals surface area contributed by atoms with Gasteiger partial charge in [0.05, 0.1) is 10.9 Å².